The van der Waals surface area contributed by atoms with Gasteiger partial charge in [-0.25, -0.2) is 9.59 Å². The van der Waals surface area contributed by atoms with Crippen LogP contribution in [0.3, 0.4) is 0 Å². The summed E-state index contributed by atoms with van der Waals surface area (Å²) in [4.78, 5) is 23.7. The highest BCUT2D eigenvalue weighted by Crippen LogP contribution is 1.95. The predicted octanol–water partition coefficient (Wildman–Crippen LogP) is 0.717. The molecule has 0 saturated carbocycles. The lowest BCUT2D eigenvalue weighted by molar-refractivity contribution is 0.193. The van der Waals surface area contributed by atoms with E-state index in [1.165, 1.54) is 7.11 Å². The van der Waals surface area contributed by atoms with E-state index in [0.29, 0.717) is 11.4 Å². The minimum atomic E-state index is -0.687. The van der Waals surface area contributed by atoms with Crippen molar-refractivity contribution in [2.75, 3.05) is 13.7 Å². The van der Waals surface area contributed by atoms with Gasteiger partial charge in [-0.15, -0.1) is 0 Å². The third kappa shape index (κ3) is 4.16. The van der Waals surface area contributed by atoms with Crippen LogP contribution in [0.5, 0.6) is 0 Å². The molecule has 0 aliphatic heterocycles. The number of amides is 4. The van der Waals surface area contributed by atoms with Gasteiger partial charge in [0, 0.05) is 12.6 Å². The Balaban J connectivity index is 4.73. The van der Waals surface area contributed by atoms with Gasteiger partial charge < -0.3 is 15.4 Å². The van der Waals surface area contributed by atoms with Crippen molar-refractivity contribution in [3.8, 4) is 0 Å². The number of methoxy groups -OCH3 is 1. The monoisotopic (exact) mass is 230 g/mol. The fourth-order valence-corrected chi connectivity index (χ4v) is 0.910. The number of nitrogens with zero attached hydrogens (tertiary/aromatic N) is 1. The van der Waals surface area contributed by atoms with Crippen molar-refractivity contribution >= 4 is 18.1 Å². The van der Waals surface area contributed by atoms with E-state index in [1.807, 2.05) is 0 Å². The van der Waals surface area contributed by atoms with Gasteiger partial charge in [-0.3, -0.25) is 5.41 Å². The molecule has 7 nitrogen and oxygen atoms in total. The first kappa shape index (κ1) is 14.2. The molecule has 0 aromatic rings. The number of ether oxygens (including phenoxy) is 1. The largest absolute Gasteiger partial charge is 0.468 e. The molecule has 7 heteroatoms. The average molecular weight is 230 g/mol. The van der Waals surface area contributed by atoms with E-state index in [9.17, 15) is 9.59 Å². The molecule has 92 valence electrons. The normalized spacial score (nSPS) is 9.56. The fraction of sp³-hybridized carbons (Fsp3) is 0.667. The molecular formula is C9H18N4O3. The molecule has 0 radical (unpaired) electrons. The van der Waals surface area contributed by atoms with Gasteiger partial charge in [0.25, 0.3) is 0 Å². The quantitative estimate of drug-likeness (QED) is 0.482. The zero-order chi connectivity index (χ0) is 12.7. The number of amidine groups is 1. The van der Waals surface area contributed by atoms with Crippen LogP contribution in [0.15, 0.2) is 0 Å². The number of carbonyl (C=O) groups excluding carboxylic acids is 2. The lowest BCUT2D eigenvalue weighted by Crippen LogP contribution is -2.53. The van der Waals surface area contributed by atoms with Crippen LogP contribution in [0.2, 0.25) is 0 Å². The van der Waals surface area contributed by atoms with Gasteiger partial charge in [0.15, 0.2) is 0 Å². The first-order valence-electron chi connectivity index (χ1n) is 4.95. The molecule has 0 fully saturated rings. The Morgan fingerprint density at radius 3 is 2.31 bits per heavy atom. The van der Waals surface area contributed by atoms with Gasteiger partial charge in [-0.05, 0) is 20.8 Å². The van der Waals surface area contributed by atoms with Gasteiger partial charge in [0.2, 0.25) is 0 Å². The molecule has 4 amide bonds. The molecule has 0 heterocycles. The summed E-state index contributed by atoms with van der Waals surface area (Å²) < 4.78 is 4.57. The predicted molar refractivity (Wildman–Crippen MR) is 59.3 cm³/mol. The van der Waals surface area contributed by atoms with Gasteiger partial charge in [-0.2, -0.15) is 4.90 Å². The van der Waals surface area contributed by atoms with E-state index in [-0.39, 0.29) is 6.04 Å². The highest BCUT2D eigenvalue weighted by Gasteiger charge is 2.26. The lowest BCUT2D eigenvalue weighted by Gasteiger charge is -2.21. The lowest BCUT2D eigenvalue weighted by atomic mass is 10.4. The number of hydrogen-bond acceptors (Lipinski definition) is 4. The van der Waals surface area contributed by atoms with Crippen LogP contribution in [-0.2, 0) is 4.74 Å². The minimum absolute atomic E-state index is 0.130. The van der Waals surface area contributed by atoms with Crippen LogP contribution in [0.1, 0.15) is 20.8 Å². The Morgan fingerprint density at radius 2 is 1.94 bits per heavy atom. The van der Waals surface area contributed by atoms with E-state index >= 15 is 0 Å². The number of nitrogens with one attached hydrogen (secondary N) is 3. The standard InChI is InChI=1S/C9H18N4O3/c1-5-11-8(14)13(7(10)16-4)9(15)12-6(2)3/h6,10H,5H2,1-4H3,(H,11,14)(H,12,15). The van der Waals surface area contributed by atoms with Crippen molar-refractivity contribution in [1.29, 1.82) is 5.41 Å². The summed E-state index contributed by atoms with van der Waals surface area (Å²) in [5.41, 5.74) is 0. The second-order valence-electron chi connectivity index (χ2n) is 3.28. The highest BCUT2D eigenvalue weighted by molar-refractivity contribution is 6.08. The van der Waals surface area contributed by atoms with E-state index in [0.717, 1.165) is 0 Å². The molecule has 0 saturated heterocycles. The number of imide groups is 1. The molecule has 0 aliphatic rings. The Morgan fingerprint density at radius 1 is 1.38 bits per heavy atom. The first-order valence-corrected chi connectivity index (χ1v) is 4.95. The topological polar surface area (TPSA) is 94.5 Å². The summed E-state index contributed by atoms with van der Waals surface area (Å²) in [6, 6.07) is -2.03. The maximum Gasteiger partial charge on any atom is 0.334 e. The molecule has 3 N–H and O–H groups in total. The number of urea groups is 2. The summed E-state index contributed by atoms with van der Waals surface area (Å²) in [5.74, 6) is 0. The number of rotatable bonds is 2. The maximum atomic E-state index is 11.6. The first-order chi connectivity index (χ1) is 7.43. The Hall–Kier alpha value is -1.79. The Labute approximate surface area is 94.6 Å². The summed E-state index contributed by atoms with van der Waals surface area (Å²) in [7, 11) is 1.22. The third-order valence-corrected chi connectivity index (χ3v) is 1.54. The van der Waals surface area contributed by atoms with E-state index in [1.54, 1.807) is 20.8 Å². The van der Waals surface area contributed by atoms with Gasteiger partial charge in [0.1, 0.15) is 0 Å². The molecule has 0 aromatic heterocycles. The molecule has 0 aliphatic carbocycles. The van der Waals surface area contributed by atoms with E-state index in [2.05, 4.69) is 15.4 Å². The van der Waals surface area contributed by atoms with Crippen LogP contribution >= 0.6 is 0 Å². The van der Waals surface area contributed by atoms with Crippen LogP contribution in [-0.4, -0.2) is 42.7 Å². The zero-order valence-electron chi connectivity index (χ0n) is 9.96. The molecule has 16 heavy (non-hydrogen) atoms. The van der Waals surface area contributed by atoms with Crippen LogP contribution < -0.4 is 10.6 Å². The van der Waals surface area contributed by atoms with Crippen molar-refractivity contribution in [3.63, 3.8) is 0 Å². The van der Waals surface area contributed by atoms with Crippen molar-refractivity contribution in [3.05, 3.63) is 0 Å². The minimum Gasteiger partial charge on any atom is -0.468 e. The highest BCUT2D eigenvalue weighted by atomic mass is 16.5. The average Bonchev–Trinajstić information content (AvgIpc) is 2.16. The van der Waals surface area contributed by atoms with Crippen molar-refractivity contribution in [1.82, 2.24) is 15.5 Å². The van der Waals surface area contributed by atoms with Gasteiger partial charge in [0.05, 0.1) is 7.11 Å². The van der Waals surface area contributed by atoms with Crippen molar-refractivity contribution in [2.45, 2.75) is 26.8 Å². The second kappa shape index (κ2) is 6.65. The van der Waals surface area contributed by atoms with Gasteiger partial charge >= 0.3 is 18.1 Å². The van der Waals surface area contributed by atoms with E-state index < -0.39 is 18.1 Å². The molecule has 0 atom stereocenters. The summed E-state index contributed by atoms with van der Waals surface area (Å²) >= 11 is 0. The van der Waals surface area contributed by atoms with Crippen LogP contribution in [0, 0.1) is 5.41 Å². The summed E-state index contributed by atoms with van der Waals surface area (Å²) in [6.45, 7) is 5.59. The zero-order valence-corrected chi connectivity index (χ0v) is 9.96. The van der Waals surface area contributed by atoms with Crippen molar-refractivity contribution in [2.24, 2.45) is 0 Å². The second-order valence-corrected chi connectivity index (χ2v) is 3.28. The summed E-state index contributed by atoms with van der Waals surface area (Å²) in [6.07, 6.45) is 0. The molecule has 0 spiro atoms. The summed E-state index contributed by atoms with van der Waals surface area (Å²) in [5, 5.41) is 12.3. The van der Waals surface area contributed by atoms with Crippen molar-refractivity contribution < 1.29 is 14.3 Å². The van der Waals surface area contributed by atoms with Crippen LogP contribution in [0.4, 0.5) is 9.59 Å². The molecule has 0 unspecified atom stereocenters. The molecule has 0 rings (SSSR count). The molecule has 0 aromatic carbocycles. The van der Waals surface area contributed by atoms with E-state index in [4.69, 9.17) is 5.41 Å². The van der Waals surface area contributed by atoms with Gasteiger partial charge in [-0.1, -0.05) is 0 Å². The smallest absolute Gasteiger partial charge is 0.334 e. The SMILES string of the molecule is CCNC(=O)N(C(=N)OC)C(=O)NC(C)C. The molecule has 0 bridgehead atoms. The number of hydrogen-bond donors (Lipinski definition) is 3. The Bertz CT molecular complexity index is 278. The number of carbonyl (C=O) groups is 2. The van der Waals surface area contributed by atoms with Crippen LogP contribution in [0.25, 0.3) is 0 Å². The third-order valence-electron chi connectivity index (χ3n) is 1.54. The molecular weight excluding hydrogens is 212 g/mol. The fourth-order valence-electron chi connectivity index (χ4n) is 0.910. The Kier molecular flexibility index (Phi) is 5.91. The maximum absolute atomic E-state index is 11.6.